The predicted octanol–water partition coefficient (Wildman–Crippen LogP) is 4.82. The highest BCUT2D eigenvalue weighted by atomic mass is 32.1. The fourth-order valence-electron chi connectivity index (χ4n) is 2.51. The first-order valence-corrected chi connectivity index (χ1v) is 10.1. The third-order valence-electron chi connectivity index (χ3n) is 3.87. The minimum absolute atomic E-state index is 0.127. The first kappa shape index (κ1) is 17.5. The Balaban J connectivity index is 1.40. The second-order valence-electron chi connectivity index (χ2n) is 5.99. The van der Waals surface area contributed by atoms with Crippen LogP contribution in [0.5, 0.6) is 0 Å². The zero-order valence-electron chi connectivity index (χ0n) is 14.5. The summed E-state index contributed by atoms with van der Waals surface area (Å²) in [6.07, 6.45) is 1.95. The molecule has 1 amide bonds. The predicted molar refractivity (Wildman–Crippen MR) is 110 cm³/mol. The summed E-state index contributed by atoms with van der Waals surface area (Å²) in [4.78, 5) is 25.6. The van der Waals surface area contributed by atoms with Crippen LogP contribution in [-0.4, -0.2) is 20.9 Å². The van der Waals surface area contributed by atoms with Gasteiger partial charge < -0.3 is 5.32 Å². The number of rotatable bonds is 5. The lowest BCUT2D eigenvalue weighted by atomic mass is 10.2. The van der Waals surface area contributed by atoms with Crippen LogP contribution in [0.2, 0.25) is 0 Å². The number of hydrogen-bond donors (Lipinski definition) is 1. The van der Waals surface area contributed by atoms with Crippen LogP contribution in [0.1, 0.15) is 11.3 Å². The van der Waals surface area contributed by atoms with Crippen LogP contribution in [0, 0.1) is 6.92 Å². The highest BCUT2D eigenvalue weighted by Crippen LogP contribution is 2.25. The van der Waals surface area contributed by atoms with Gasteiger partial charge in [0.2, 0.25) is 5.91 Å². The van der Waals surface area contributed by atoms with Crippen LogP contribution in [0.25, 0.3) is 22.0 Å². The molecular formula is C20H16N4OS2. The van der Waals surface area contributed by atoms with Crippen LogP contribution in [0.4, 0.5) is 5.13 Å². The summed E-state index contributed by atoms with van der Waals surface area (Å²) >= 11 is 2.93. The van der Waals surface area contributed by atoms with Crippen LogP contribution in [0.15, 0.2) is 59.4 Å². The molecule has 0 aliphatic heterocycles. The number of thiazole rings is 2. The highest BCUT2D eigenvalue weighted by molar-refractivity contribution is 7.14. The Morgan fingerprint density at radius 1 is 1.00 bits per heavy atom. The molecule has 0 bridgehead atoms. The topological polar surface area (TPSA) is 67.8 Å². The molecule has 5 nitrogen and oxygen atoms in total. The van der Waals surface area contributed by atoms with E-state index in [0.717, 1.165) is 27.7 Å². The molecule has 0 saturated heterocycles. The highest BCUT2D eigenvalue weighted by Gasteiger charge is 2.12. The van der Waals surface area contributed by atoms with E-state index in [1.54, 1.807) is 17.5 Å². The van der Waals surface area contributed by atoms with E-state index in [9.17, 15) is 4.79 Å². The van der Waals surface area contributed by atoms with Gasteiger partial charge in [0.25, 0.3) is 0 Å². The van der Waals surface area contributed by atoms with Gasteiger partial charge in [-0.25, -0.2) is 9.97 Å². The molecule has 0 saturated carbocycles. The number of pyridine rings is 1. The van der Waals surface area contributed by atoms with Crippen molar-refractivity contribution in [3.8, 4) is 22.0 Å². The number of hydrogen-bond acceptors (Lipinski definition) is 6. The molecule has 0 aliphatic rings. The summed E-state index contributed by atoms with van der Waals surface area (Å²) < 4.78 is 0. The number of nitrogens with one attached hydrogen (secondary N) is 1. The number of aromatic nitrogens is 3. The van der Waals surface area contributed by atoms with Gasteiger partial charge in [-0.3, -0.25) is 9.78 Å². The third-order valence-corrected chi connectivity index (χ3v) is 5.57. The van der Waals surface area contributed by atoms with Crippen molar-refractivity contribution >= 4 is 33.7 Å². The van der Waals surface area contributed by atoms with E-state index in [0.29, 0.717) is 5.13 Å². The van der Waals surface area contributed by atoms with E-state index < -0.39 is 0 Å². The monoisotopic (exact) mass is 392 g/mol. The van der Waals surface area contributed by atoms with Crippen molar-refractivity contribution in [2.75, 3.05) is 5.32 Å². The summed E-state index contributed by atoms with van der Waals surface area (Å²) in [5, 5.41) is 8.14. The third kappa shape index (κ3) is 4.27. The van der Waals surface area contributed by atoms with Crippen molar-refractivity contribution in [2.45, 2.75) is 13.3 Å². The normalized spacial score (nSPS) is 10.7. The Labute approximate surface area is 164 Å². The maximum atomic E-state index is 12.3. The minimum atomic E-state index is -0.127. The van der Waals surface area contributed by atoms with Gasteiger partial charge in [0.1, 0.15) is 10.7 Å². The summed E-state index contributed by atoms with van der Waals surface area (Å²) in [6, 6.07) is 13.9. The molecule has 0 spiro atoms. The molecular weight excluding hydrogens is 376 g/mol. The minimum Gasteiger partial charge on any atom is -0.302 e. The summed E-state index contributed by atoms with van der Waals surface area (Å²) in [5.41, 5.74) is 4.58. The number of carbonyl (C=O) groups is 1. The molecule has 1 aromatic carbocycles. The smallest absolute Gasteiger partial charge is 0.232 e. The van der Waals surface area contributed by atoms with Gasteiger partial charge in [-0.1, -0.05) is 35.9 Å². The number of benzene rings is 1. The zero-order valence-corrected chi connectivity index (χ0v) is 16.2. The van der Waals surface area contributed by atoms with Crippen molar-refractivity contribution in [1.29, 1.82) is 0 Å². The van der Waals surface area contributed by atoms with E-state index in [4.69, 9.17) is 0 Å². The fourth-order valence-corrected chi connectivity index (χ4v) is 4.05. The van der Waals surface area contributed by atoms with Gasteiger partial charge >= 0.3 is 0 Å². The zero-order chi connectivity index (χ0) is 18.6. The first-order valence-electron chi connectivity index (χ1n) is 8.35. The van der Waals surface area contributed by atoms with Crippen molar-refractivity contribution < 1.29 is 4.79 Å². The number of amides is 1. The second-order valence-corrected chi connectivity index (χ2v) is 7.70. The van der Waals surface area contributed by atoms with E-state index in [2.05, 4.69) is 39.3 Å². The Bertz CT molecular complexity index is 1060. The summed E-state index contributed by atoms with van der Waals surface area (Å²) in [7, 11) is 0. The molecule has 27 heavy (non-hydrogen) atoms. The van der Waals surface area contributed by atoms with E-state index in [-0.39, 0.29) is 12.3 Å². The lowest BCUT2D eigenvalue weighted by Gasteiger charge is -2.00. The molecule has 0 aliphatic carbocycles. The quantitative estimate of drug-likeness (QED) is 0.529. The van der Waals surface area contributed by atoms with Crippen molar-refractivity contribution in [3.63, 3.8) is 0 Å². The molecule has 3 aromatic heterocycles. The standard InChI is InChI=1S/C20H16N4OS2/c1-13-5-7-14(8-6-13)19-22-15(11-26-19)10-18(25)24-20-23-17(12-27-20)16-4-2-3-9-21-16/h2-9,11-12H,10H2,1H3,(H,23,24,25). The Morgan fingerprint density at radius 3 is 2.63 bits per heavy atom. The SMILES string of the molecule is Cc1ccc(-c2nc(CC(=O)Nc3nc(-c4ccccn4)cs3)cs2)cc1. The molecule has 0 fully saturated rings. The van der Waals surface area contributed by atoms with Gasteiger partial charge in [0.15, 0.2) is 5.13 Å². The largest absolute Gasteiger partial charge is 0.302 e. The number of anilines is 1. The average Bonchev–Trinajstić information content (AvgIpc) is 3.33. The lowest BCUT2D eigenvalue weighted by molar-refractivity contribution is -0.115. The van der Waals surface area contributed by atoms with Crippen molar-refractivity contribution in [2.24, 2.45) is 0 Å². The summed E-state index contributed by atoms with van der Waals surface area (Å²) in [6.45, 7) is 2.05. The van der Waals surface area contributed by atoms with Gasteiger partial charge in [-0.05, 0) is 19.1 Å². The number of aryl methyl sites for hydroxylation is 1. The van der Waals surface area contributed by atoms with Gasteiger partial charge in [0.05, 0.1) is 17.8 Å². The summed E-state index contributed by atoms with van der Waals surface area (Å²) in [5.74, 6) is -0.127. The van der Waals surface area contributed by atoms with E-state index >= 15 is 0 Å². The second kappa shape index (κ2) is 7.77. The lowest BCUT2D eigenvalue weighted by Crippen LogP contribution is -2.14. The number of nitrogens with zero attached hydrogens (tertiary/aromatic N) is 3. The van der Waals surface area contributed by atoms with Crippen LogP contribution in [-0.2, 0) is 11.2 Å². The van der Waals surface area contributed by atoms with Crippen molar-refractivity contribution in [3.05, 3.63) is 70.7 Å². The van der Waals surface area contributed by atoms with Crippen LogP contribution < -0.4 is 5.32 Å². The number of carbonyl (C=O) groups excluding carboxylic acids is 1. The first-order chi connectivity index (χ1) is 13.2. The molecule has 4 aromatic rings. The molecule has 4 rings (SSSR count). The molecule has 3 heterocycles. The molecule has 0 atom stereocenters. The average molecular weight is 393 g/mol. The molecule has 134 valence electrons. The van der Waals surface area contributed by atoms with E-state index in [1.165, 1.54) is 16.9 Å². The van der Waals surface area contributed by atoms with Crippen molar-refractivity contribution in [1.82, 2.24) is 15.0 Å². The maximum absolute atomic E-state index is 12.3. The molecule has 1 N–H and O–H groups in total. The molecule has 7 heteroatoms. The van der Waals surface area contributed by atoms with Gasteiger partial charge in [-0.2, -0.15) is 0 Å². The Hall–Kier alpha value is -2.90. The molecule has 0 unspecified atom stereocenters. The Kier molecular flexibility index (Phi) is 5.04. The van der Waals surface area contributed by atoms with E-state index in [1.807, 2.05) is 41.1 Å². The van der Waals surface area contributed by atoms with Crippen LogP contribution >= 0.6 is 22.7 Å². The van der Waals surface area contributed by atoms with Crippen LogP contribution in [0.3, 0.4) is 0 Å². The van der Waals surface area contributed by atoms with Gasteiger partial charge in [-0.15, -0.1) is 22.7 Å². The fraction of sp³-hybridized carbons (Fsp3) is 0.100. The maximum Gasteiger partial charge on any atom is 0.232 e. The van der Waals surface area contributed by atoms with Gasteiger partial charge in [0, 0.05) is 22.5 Å². The Morgan fingerprint density at radius 2 is 1.85 bits per heavy atom. The molecule has 0 radical (unpaired) electrons.